The van der Waals surface area contributed by atoms with Crippen LogP contribution < -0.4 is 0 Å². The van der Waals surface area contributed by atoms with Gasteiger partial charge in [0.25, 0.3) is 5.91 Å². The molecule has 2 heterocycles. The van der Waals surface area contributed by atoms with Crippen LogP contribution in [-0.2, 0) is 4.79 Å². The normalized spacial score (nSPS) is 16.4. The number of hydrogen-bond acceptors (Lipinski definition) is 5. The molecule has 116 valence electrons. The lowest BCUT2D eigenvalue weighted by Gasteiger charge is -2.10. The van der Waals surface area contributed by atoms with E-state index < -0.39 is 0 Å². The highest BCUT2D eigenvalue weighted by atomic mass is 32.2. The Morgan fingerprint density at radius 3 is 2.78 bits per heavy atom. The van der Waals surface area contributed by atoms with Crippen LogP contribution in [0.1, 0.15) is 5.69 Å². The average molecular weight is 362 g/mol. The van der Waals surface area contributed by atoms with E-state index in [0.29, 0.717) is 21.5 Å². The molecular weight excluding hydrogens is 351 g/mol. The average Bonchev–Trinajstić information content (AvgIpc) is 3.09. The van der Waals surface area contributed by atoms with Crippen molar-refractivity contribution in [2.45, 2.75) is 0 Å². The largest absolute Gasteiger partial charge is 0.289 e. The molecule has 0 aliphatic carbocycles. The van der Waals surface area contributed by atoms with Crippen LogP contribution in [0.15, 0.2) is 47.2 Å². The molecule has 0 bridgehead atoms. The first-order valence-electron chi connectivity index (χ1n) is 6.66. The van der Waals surface area contributed by atoms with Gasteiger partial charge in [0, 0.05) is 17.5 Å². The lowest BCUT2D eigenvalue weighted by atomic mass is 10.2. The molecule has 0 N–H and O–H groups in total. The molecule has 23 heavy (non-hydrogen) atoms. The zero-order valence-corrected chi connectivity index (χ0v) is 14.3. The number of thioether (sulfide) groups is 1. The third kappa shape index (κ3) is 3.41. The van der Waals surface area contributed by atoms with Gasteiger partial charge in [-0.05, 0) is 30.3 Å². The second-order valence-electron chi connectivity index (χ2n) is 4.67. The summed E-state index contributed by atoms with van der Waals surface area (Å²) in [5.74, 6) is -0.410. The van der Waals surface area contributed by atoms with E-state index in [1.165, 1.54) is 40.1 Å². The minimum Gasteiger partial charge on any atom is -0.289 e. The summed E-state index contributed by atoms with van der Waals surface area (Å²) >= 11 is 7.90. The van der Waals surface area contributed by atoms with E-state index in [2.05, 4.69) is 11.6 Å². The van der Waals surface area contributed by atoms with Crippen molar-refractivity contribution in [3.63, 3.8) is 0 Å². The van der Waals surface area contributed by atoms with Gasteiger partial charge in [-0.25, -0.2) is 9.37 Å². The second-order valence-corrected chi connectivity index (χ2v) is 7.20. The Morgan fingerprint density at radius 1 is 1.35 bits per heavy atom. The third-order valence-electron chi connectivity index (χ3n) is 3.08. The maximum atomic E-state index is 13.0. The van der Waals surface area contributed by atoms with Crippen molar-refractivity contribution in [1.82, 2.24) is 9.88 Å². The van der Waals surface area contributed by atoms with Crippen LogP contribution >= 0.6 is 35.3 Å². The molecule has 1 aromatic carbocycles. The fraction of sp³-hybridized carbons (Fsp3) is 0.0625. The van der Waals surface area contributed by atoms with Gasteiger partial charge in [0.2, 0.25) is 0 Å². The number of aromatic nitrogens is 1. The molecular formula is C16H11FN2OS3. The Labute approximate surface area is 146 Å². The number of amides is 1. The van der Waals surface area contributed by atoms with Crippen LogP contribution in [0.5, 0.6) is 0 Å². The maximum Gasteiger partial charge on any atom is 0.266 e. The standard InChI is InChI=1S/C16H11FN2OS3/c1-2-7-19-15(20)13(23-16(19)21)8-12-9-22-14(18-12)10-3-5-11(17)6-4-10/h2-6,8-9H,1,7H2/b13-8-. The first-order valence-corrected chi connectivity index (χ1v) is 8.76. The minimum absolute atomic E-state index is 0.128. The lowest BCUT2D eigenvalue weighted by Crippen LogP contribution is -2.27. The van der Waals surface area contributed by atoms with Crippen LogP contribution in [0.4, 0.5) is 4.39 Å². The van der Waals surface area contributed by atoms with E-state index in [-0.39, 0.29) is 11.7 Å². The zero-order chi connectivity index (χ0) is 16.4. The molecule has 0 saturated carbocycles. The number of rotatable bonds is 4. The second kappa shape index (κ2) is 6.74. The summed E-state index contributed by atoms with van der Waals surface area (Å²) in [6, 6.07) is 6.16. The van der Waals surface area contributed by atoms with Gasteiger partial charge in [-0.15, -0.1) is 17.9 Å². The fourth-order valence-corrected chi connectivity index (χ4v) is 4.04. The Morgan fingerprint density at radius 2 is 2.09 bits per heavy atom. The first kappa shape index (κ1) is 16.0. The summed E-state index contributed by atoms with van der Waals surface area (Å²) in [6.07, 6.45) is 3.37. The molecule has 3 nitrogen and oxygen atoms in total. The summed E-state index contributed by atoms with van der Waals surface area (Å²) < 4.78 is 13.5. The molecule has 7 heteroatoms. The Balaban J connectivity index is 1.84. The van der Waals surface area contributed by atoms with Crippen molar-refractivity contribution < 1.29 is 9.18 Å². The molecule has 1 amide bonds. The molecule has 1 aromatic heterocycles. The van der Waals surface area contributed by atoms with Crippen LogP contribution in [0, 0.1) is 5.82 Å². The smallest absolute Gasteiger partial charge is 0.266 e. The van der Waals surface area contributed by atoms with Crippen molar-refractivity contribution in [2.24, 2.45) is 0 Å². The summed E-state index contributed by atoms with van der Waals surface area (Å²) in [7, 11) is 0. The first-order chi connectivity index (χ1) is 11.1. The number of nitrogens with zero attached hydrogens (tertiary/aromatic N) is 2. The van der Waals surface area contributed by atoms with Gasteiger partial charge in [-0.3, -0.25) is 9.69 Å². The highest BCUT2D eigenvalue weighted by molar-refractivity contribution is 8.26. The Hall–Kier alpha value is -1.83. The SMILES string of the molecule is C=CCN1C(=O)/C(=C/c2csc(-c3ccc(F)cc3)n2)SC1=S. The van der Waals surface area contributed by atoms with Crippen molar-refractivity contribution in [2.75, 3.05) is 6.54 Å². The topological polar surface area (TPSA) is 33.2 Å². The fourth-order valence-electron chi connectivity index (χ4n) is 2.00. The van der Waals surface area contributed by atoms with Crippen molar-refractivity contribution in [3.05, 3.63) is 58.7 Å². The minimum atomic E-state index is -0.281. The number of hydrogen-bond donors (Lipinski definition) is 0. The van der Waals surface area contributed by atoms with Crippen molar-refractivity contribution in [1.29, 1.82) is 0 Å². The number of carbonyl (C=O) groups excluding carboxylic acids is 1. The van der Waals surface area contributed by atoms with Crippen molar-refractivity contribution in [3.8, 4) is 10.6 Å². The molecule has 0 spiro atoms. The van der Waals surface area contributed by atoms with Gasteiger partial charge in [-0.1, -0.05) is 30.1 Å². The van der Waals surface area contributed by atoms with Crippen LogP contribution in [0.25, 0.3) is 16.6 Å². The van der Waals surface area contributed by atoms with Crippen molar-refractivity contribution >= 4 is 51.6 Å². The number of carbonyl (C=O) groups is 1. The molecule has 1 aliphatic rings. The van der Waals surface area contributed by atoms with Gasteiger partial charge < -0.3 is 0 Å². The Kier molecular flexibility index (Phi) is 4.70. The van der Waals surface area contributed by atoms with E-state index in [9.17, 15) is 9.18 Å². The molecule has 3 rings (SSSR count). The van der Waals surface area contributed by atoms with E-state index in [1.54, 1.807) is 24.3 Å². The summed E-state index contributed by atoms with van der Waals surface area (Å²) in [5, 5.41) is 2.64. The predicted octanol–water partition coefficient (Wildman–Crippen LogP) is 4.34. The number of benzene rings is 1. The van der Waals surface area contributed by atoms with E-state index in [1.807, 2.05) is 5.38 Å². The molecule has 1 saturated heterocycles. The van der Waals surface area contributed by atoms with Gasteiger partial charge in [0.15, 0.2) is 0 Å². The molecule has 1 fully saturated rings. The zero-order valence-electron chi connectivity index (χ0n) is 11.9. The lowest BCUT2D eigenvalue weighted by molar-refractivity contribution is -0.121. The molecule has 0 atom stereocenters. The van der Waals surface area contributed by atoms with E-state index in [0.717, 1.165) is 10.6 Å². The predicted molar refractivity (Wildman–Crippen MR) is 97.6 cm³/mol. The quantitative estimate of drug-likeness (QED) is 0.460. The molecule has 0 unspecified atom stereocenters. The monoisotopic (exact) mass is 362 g/mol. The molecule has 2 aromatic rings. The van der Waals surface area contributed by atoms with Gasteiger partial charge in [0.05, 0.1) is 10.6 Å². The van der Waals surface area contributed by atoms with Crippen LogP contribution in [-0.4, -0.2) is 26.7 Å². The van der Waals surface area contributed by atoms with E-state index in [4.69, 9.17) is 12.2 Å². The van der Waals surface area contributed by atoms with E-state index >= 15 is 0 Å². The van der Waals surface area contributed by atoms with Gasteiger partial charge in [-0.2, -0.15) is 0 Å². The number of thiocarbonyl (C=S) groups is 1. The summed E-state index contributed by atoms with van der Waals surface area (Å²) in [5.41, 5.74) is 1.53. The van der Waals surface area contributed by atoms with Crippen LogP contribution in [0.3, 0.4) is 0 Å². The number of halogens is 1. The highest BCUT2D eigenvalue weighted by Gasteiger charge is 2.31. The molecule has 1 aliphatic heterocycles. The summed E-state index contributed by atoms with van der Waals surface area (Å²) in [4.78, 5) is 18.8. The molecule has 0 radical (unpaired) electrons. The Bertz CT molecular complexity index is 811. The maximum absolute atomic E-state index is 13.0. The summed E-state index contributed by atoms with van der Waals surface area (Å²) in [6.45, 7) is 4.03. The van der Waals surface area contributed by atoms with Crippen LogP contribution in [0.2, 0.25) is 0 Å². The number of thiazole rings is 1. The highest BCUT2D eigenvalue weighted by Crippen LogP contribution is 2.33. The van der Waals surface area contributed by atoms with Gasteiger partial charge >= 0.3 is 0 Å². The third-order valence-corrected chi connectivity index (χ3v) is 5.36. The van der Waals surface area contributed by atoms with Gasteiger partial charge in [0.1, 0.15) is 15.1 Å².